The predicted molar refractivity (Wildman–Crippen MR) is 131 cm³/mol. The van der Waals surface area contributed by atoms with Crippen molar-refractivity contribution in [3.05, 3.63) is 42.0 Å². The zero-order chi connectivity index (χ0) is 23.5. The van der Waals surface area contributed by atoms with E-state index in [1.54, 1.807) is 20.2 Å². The lowest BCUT2D eigenvalue weighted by atomic mass is 10.1. The lowest BCUT2D eigenvalue weighted by Crippen LogP contribution is -2.41. The van der Waals surface area contributed by atoms with Gasteiger partial charge < -0.3 is 24.6 Å². The SMILES string of the molecule is CNC(=O)c1cccc(-c2ccc3c(N4CCCC(OC)C4)nc(N4CCOCC4)nc3n2)c1. The number of rotatable bonds is 5. The molecule has 0 bridgehead atoms. The molecule has 0 aliphatic carbocycles. The second-order valence-corrected chi connectivity index (χ2v) is 8.62. The van der Waals surface area contributed by atoms with E-state index < -0.39 is 0 Å². The summed E-state index contributed by atoms with van der Waals surface area (Å²) in [6, 6.07) is 11.5. The van der Waals surface area contributed by atoms with Crippen molar-refractivity contribution in [3.8, 4) is 11.3 Å². The lowest BCUT2D eigenvalue weighted by molar-refractivity contribution is 0.0892. The summed E-state index contributed by atoms with van der Waals surface area (Å²) >= 11 is 0. The maximum Gasteiger partial charge on any atom is 0.251 e. The number of amides is 1. The fourth-order valence-corrected chi connectivity index (χ4v) is 4.58. The Bertz CT molecular complexity index is 1180. The zero-order valence-electron chi connectivity index (χ0n) is 19.7. The van der Waals surface area contributed by atoms with Gasteiger partial charge in [0, 0.05) is 51.5 Å². The highest BCUT2D eigenvalue weighted by atomic mass is 16.5. The number of methoxy groups -OCH3 is 1. The number of hydrogen-bond donors (Lipinski definition) is 1. The van der Waals surface area contributed by atoms with Crippen LogP contribution in [0.4, 0.5) is 11.8 Å². The first-order chi connectivity index (χ1) is 16.7. The second-order valence-electron chi connectivity index (χ2n) is 8.62. The van der Waals surface area contributed by atoms with Crippen LogP contribution in [0.15, 0.2) is 36.4 Å². The summed E-state index contributed by atoms with van der Waals surface area (Å²) in [6.45, 7) is 4.53. The highest BCUT2D eigenvalue weighted by Gasteiger charge is 2.25. The van der Waals surface area contributed by atoms with Crippen LogP contribution in [0.2, 0.25) is 0 Å². The maximum absolute atomic E-state index is 12.1. The molecular weight excluding hydrogens is 432 g/mol. The summed E-state index contributed by atoms with van der Waals surface area (Å²) in [4.78, 5) is 31.4. The number of fused-ring (bicyclic) bond motifs is 1. The lowest BCUT2D eigenvalue weighted by Gasteiger charge is -2.34. The van der Waals surface area contributed by atoms with Crippen LogP contribution in [0.25, 0.3) is 22.3 Å². The molecule has 4 heterocycles. The van der Waals surface area contributed by atoms with Crippen LogP contribution in [0.3, 0.4) is 0 Å². The second kappa shape index (κ2) is 9.90. The van der Waals surface area contributed by atoms with Gasteiger partial charge in [-0.3, -0.25) is 4.79 Å². The van der Waals surface area contributed by atoms with Gasteiger partial charge in [-0.1, -0.05) is 12.1 Å². The Morgan fingerprint density at radius 1 is 1.09 bits per heavy atom. The molecule has 0 radical (unpaired) electrons. The fraction of sp³-hybridized carbons (Fsp3) is 0.440. The number of piperidine rings is 1. The van der Waals surface area contributed by atoms with Crippen LogP contribution in [0.5, 0.6) is 0 Å². The summed E-state index contributed by atoms with van der Waals surface area (Å²) < 4.78 is 11.2. The minimum Gasteiger partial charge on any atom is -0.380 e. The number of morpholine rings is 1. The number of nitrogens with zero attached hydrogens (tertiary/aromatic N) is 5. The van der Waals surface area contributed by atoms with Gasteiger partial charge in [-0.25, -0.2) is 4.98 Å². The van der Waals surface area contributed by atoms with Gasteiger partial charge in [0.05, 0.1) is 30.4 Å². The number of hydrogen-bond acceptors (Lipinski definition) is 8. The van der Waals surface area contributed by atoms with Gasteiger partial charge >= 0.3 is 0 Å². The molecule has 1 N–H and O–H groups in total. The third kappa shape index (κ3) is 4.53. The van der Waals surface area contributed by atoms with E-state index in [2.05, 4.69) is 15.1 Å². The minimum atomic E-state index is -0.125. The zero-order valence-corrected chi connectivity index (χ0v) is 19.7. The number of carbonyl (C=O) groups excluding carboxylic acids is 1. The van der Waals surface area contributed by atoms with Crippen molar-refractivity contribution in [2.75, 3.05) is 63.4 Å². The van der Waals surface area contributed by atoms with Crippen LogP contribution < -0.4 is 15.1 Å². The molecule has 0 saturated carbocycles. The highest BCUT2D eigenvalue weighted by Crippen LogP contribution is 2.31. The fourth-order valence-electron chi connectivity index (χ4n) is 4.58. The number of aromatic nitrogens is 3. The molecule has 178 valence electrons. The van der Waals surface area contributed by atoms with Gasteiger partial charge in [0.25, 0.3) is 5.91 Å². The molecule has 2 fully saturated rings. The first kappa shape index (κ1) is 22.5. The Kier molecular flexibility index (Phi) is 6.55. The number of ether oxygens (including phenoxy) is 2. The van der Waals surface area contributed by atoms with Crippen LogP contribution in [-0.4, -0.2) is 80.5 Å². The first-order valence-electron chi connectivity index (χ1n) is 11.8. The highest BCUT2D eigenvalue weighted by molar-refractivity contribution is 5.95. The number of anilines is 2. The molecule has 3 aromatic rings. The standard InChI is InChI=1S/C25H30N6O3/c1-26-24(32)18-6-3-5-17(15-18)21-9-8-20-22(27-21)28-25(30-11-13-34-14-12-30)29-23(20)31-10-4-7-19(16-31)33-2/h3,5-6,8-9,15,19H,4,7,10-14,16H2,1-2H3,(H,26,32). The van der Waals surface area contributed by atoms with E-state index in [0.717, 1.165) is 61.5 Å². The molecule has 2 aromatic heterocycles. The Balaban J connectivity index is 1.59. The summed E-state index contributed by atoms with van der Waals surface area (Å²) in [5.41, 5.74) is 2.88. The van der Waals surface area contributed by atoms with E-state index in [1.807, 2.05) is 30.3 Å². The normalized spacial score (nSPS) is 18.8. The van der Waals surface area contributed by atoms with Gasteiger partial charge in [-0.15, -0.1) is 0 Å². The number of carbonyl (C=O) groups is 1. The Morgan fingerprint density at radius 2 is 1.94 bits per heavy atom. The quantitative estimate of drug-likeness (QED) is 0.618. The summed E-state index contributed by atoms with van der Waals surface area (Å²) in [7, 11) is 3.40. The molecule has 1 amide bonds. The van der Waals surface area contributed by atoms with Crippen molar-refractivity contribution in [1.82, 2.24) is 20.3 Å². The van der Waals surface area contributed by atoms with Crippen molar-refractivity contribution in [3.63, 3.8) is 0 Å². The van der Waals surface area contributed by atoms with Gasteiger partial charge in [0.15, 0.2) is 5.65 Å². The van der Waals surface area contributed by atoms with Crippen molar-refractivity contribution in [2.45, 2.75) is 18.9 Å². The molecule has 34 heavy (non-hydrogen) atoms. The van der Waals surface area contributed by atoms with Crippen LogP contribution >= 0.6 is 0 Å². The third-order valence-corrected chi connectivity index (χ3v) is 6.48. The maximum atomic E-state index is 12.1. The summed E-state index contributed by atoms with van der Waals surface area (Å²) in [5.74, 6) is 1.44. The van der Waals surface area contributed by atoms with E-state index in [-0.39, 0.29) is 12.0 Å². The van der Waals surface area contributed by atoms with E-state index in [9.17, 15) is 4.79 Å². The number of pyridine rings is 1. The molecule has 9 nitrogen and oxygen atoms in total. The van der Waals surface area contributed by atoms with E-state index in [1.165, 1.54) is 0 Å². The van der Waals surface area contributed by atoms with Crippen molar-refractivity contribution >= 4 is 28.7 Å². The molecule has 2 saturated heterocycles. The van der Waals surface area contributed by atoms with Crippen molar-refractivity contribution in [2.24, 2.45) is 0 Å². The van der Waals surface area contributed by atoms with Gasteiger partial charge in [0.1, 0.15) is 5.82 Å². The number of nitrogens with one attached hydrogen (secondary N) is 1. The van der Waals surface area contributed by atoms with E-state index in [0.29, 0.717) is 30.4 Å². The molecule has 1 unspecified atom stereocenters. The average Bonchev–Trinajstić information content (AvgIpc) is 2.92. The van der Waals surface area contributed by atoms with Crippen molar-refractivity contribution < 1.29 is 14.3 Å². The Morgan fingerprint density at radius 3 is 2.74 bits per heavy atom. The minimum absolute atomic E-state index is 0.125. The molecule has 2 aliphatic rings. The number of benzene rings is 1. The summed E-state index contributed by atoms with van der Waals surface area (Å²) in [5, 5.41) is 3.59. The molecule has 9 heteroatoms. The third-order valence-electron chi connectivity index (χ3n) is 6.48. The molecule has 2 aliphatic heterocycles. The molecule has 1 aromatic carbocycles. The molecule has 1 atom stereocenters. The summed E-state index contributed by atoms with van der Waals surface area (Å²) in [6.07, 6.45) is 2.29. The first-order valence-corrected chi connectivity index (χ1v) is 11.8. The van der Waals surface area contributed by atoms with Gasteiger partial charge in [-0.05, 0) is 37.1 Å². The molecule has 5 rings (SSSR count). The van der Waals surface area contributed by atoms with Gasteiger partial charge in [0.2, 0.25) is 5.95 Å². The Labute approximate surface area is 199 Å². The van der Waals surface area contributed by atoms with Crippen LogP contribution in [0.1, 0.15) is 23.2 Å². The van der Waals surface area contributed by atoms with Crippen LogP contribution in [-0.2, 0) is 9.47 Å². The predicted octanol–water partition coefficient (Wildman–Crippen LogP) is 2.50. The van der Waals surface area contributed by atoms with Crippen LogP contribution in [0, 0.1) is 0 Å². The molecular formula is C25H30N6O3. The topological polar surface area (TPSA) is 92.7 Å². The monoisotopic (exact) mass is 462 g/mol. The van der Waals surface area contributed by atoms with E-state index in [4.69, 9.17) is 24.4 Å². The average molecular weight is 463 g/mol. The van der Waals surface area contributed by atoms with E-state index >= 15 is 0 Å². The van der Waals surface area contributed by atoms with Gasteiger partial charge in [-0.2, -0.15) is 9.97 Å². The van der Waals surface area contributed by atoms with Crippen molar-refractivity contribution in [1.29, 1.82) is 0 Å². The Hall–Kier alpha value is -3.30. The molecule has 0 spiro atoms. The smallest absolute Gasteiger partial charge is 0.251 e. The largest absolute Gasteiger partial charge is 0.380 e.